The van der Waals surface area contributed by atoms with Crippen molar-refractivity contribution in [3.8, 4) is 0 Å². The molecule has 0 aromatic heterocycles. The maximum absolute atomic E-state index is 12.8. The Morgan fingerprint density at radius 2 is 2.00 bits per heavy atom. The minimum atomic E-state index is -0.383. The number of benzene rings is 1. The van der Waals surface area contributed by atoms with Gasteiger partial charge in [-0.05, 0) is 25.5 Å². The summed E-state index contributed by atoms with van der Waals surface area (Å²) < 4.78 is 5.26. The molecule has 0 bridgehead atoms. The lowest BCUT2D eigenvalue weighted by molar-refractivity contribution is -0.136. The van der Waals surface area contributed by atoms with E-state index in [0.717, 1.165) is 11.8 Å². The third kappa shape index (κ3) is 4.77. The summed E-state index contributed by atoms with van der Waals surface area (Å²) in [6.45, 7) is 3.13. The van der Waals surface area contributed by atoms with Crippen molar-refractivity contribution < 1.29 is 19.4 Å². The molecule has 0 atom stereocenters. The predicted molar refractivity (Wildman–Crippen MR) is 101 cm³/mol. The van der Waals surface area contributed by atoms with Crippen LogP contribution >= 0.6 is 35.0 Å². The molecular formula is C17H19Cl2NO4S. The van der Waals surface area contributed by atoms with Crippen LogP contribution in [0.15, 0.2) is 23.1 Å². The van der Waals surface area contributed by atoms with Crippen molar-refractivity contribution in [1.29, 1.82) is 0 Å². The van der Waals surface area contributed by atoms with Crippen LogP contribution in [0.5, 0.6) is 0 Å². The van der Waals surface area contributed by atoms with E-state index in [1.165, 1.54) is 11.0 Å². The predicted octanol–water partition coefficient (Wildman–Crippen LogP) is 3.23. The first-order chi connectivity index (χ1) is 12.0. The first kappa shape index (κ1) is 20.3. The minimum absolute atomic E-state index is 0.0956. The number of thioether (sulfide) groups is 1. The van der Waals surface area contributed by atoms with Crippen molar-refractivity contribution in [2.45, 2.75) is 13.3 Å². The normalized spacial score (nSPS) is 14.8. The molecule has 5 nitrogen and oxygen atoms in total. The molecule has 1 heterocycles. The number of ether oxygens (including phenoxy) is 1. The number of carbonyl (C=O) groups excluding carboxylic acids is 2. The van der Waals surface area contributed by atoms with Crippen LogP contribution in [0.4, 0.5) is 0 Å². The van der Waals surface area contributed by atoms with Crippen LogP contribution < -0.4 is 0 Å². The average molecular weight is 404 g/mol. The first-order valence-electron chi connectivity index (χ1n) is 7.88. The van der Waals surface area contributed by atoms with Crippen LogP contribution in [-0.4, -0.2) is 53.9 Å². The lowest BCUT2D eigenvalue weighted by Crippen LogP contribution is -2.33. The second-order valence-electron chi connectivity index (χ2n) is 5.21. The van der Waals surface area contributed by atoms with Crippen LogP contribution in [-0.2, 0) is 14.3 Å². The third-order valence-corrected chi connectivity index (χ3v) is 5.14. The zero-order chi connectivity index (χ0) is 18.4. The Morgan fingerprint density at radius 1 is 1.24 bits per heavy atom. The van der Waals surface area contributed by atoms with E-state index < -0.39 is 0 Å². The van der Waals surface area contributed by atoms with Crippen molar-refractivity contribution in [1.82, 2.24) is 4.90 Å². The van der Waals surface area contributed by atoms with Gasteiger partial charge in [0.15, 0.2) is 0 Å². The SMILES string of the molecule is CCOCCCN1C(=O)C(SCCO)=C(c2ccc(Cl)cc2Cl)C1=O. The van der Waals surface area contributed by atoms with Crippen molar-refractivity contribution >= 4 is 52.4 Å². The molecule has 0 saturated carbocycles. The molecular weight excluding hydrogens is 385 g/mol. The van der Waals surface area contributed by atoms with Gasteiger partial charge in [0.05, 0.1) is 22.1 Å². The van der Waals surface area contributed by atoms with Gasteiger partial charge in [-0.3, -0.25) is 14.5 Å². The fourth-order valence-electron chi connectivity index (χ4n) is 2.44. The molecule has 1 aromatic rings. The lowest BCUT2D eigenvalue weighted by Gasteiger charge is -2.15. The van der Waals surface area contributed by atoms with Gasteiger partial charge in [0.25, 0.3) is 11.8 Å². The third-order valence-electron chi connectivity index (χ3n) is 3.54. The Kier molecular flexibility index (Phi) is 7.78. The topological polar surface area (TPSA) is 66.8 Å². The Morgan fingerprint density at radius 3 is 2.64 bits per heavy atom. The van der Waals surface area contributed by atoms with Gasteiger partial charge < -0.3 is 9.84 Å². The van der Waals surface area contributed by atoms with Crippen LogP contribution in [0.3, 0.4) is 0 Å². The zero-order valence-electron chi connectivity index (χ0n) is 13.8. The highest BCUT2D eigenvalue weighted by atomic mass is 35.5. The van der Waals surface area contributed by atoms with Gasteiger partial charge >= 0.3 is 0 Å². The van der Waals surface area contributed by atoms with E-state index in [2.05, 4.69) is 0 Å². The second-order valence-corrected chi connectivity index (χ2v) is 7.16. The highest BCUT2D eigenvalue weighted by Crippen LogP contribution is 2.39. The zero-order valence-corrected chi connectivity index (χ0v) is 16.1. The molecule has 0 fully saturated rings. The molecule has 1 aliphatic rings. The summed E-state index contributed by atoms with van der Waals surface area (Å²) in [6, 6.07) is 4.79. The number of aliphatic hydroxyl groups excluding tert-OH is 1. The number of amides is 2. The van der Waals surface area contributed by atoms with Crippen molar-refractivity contribution in [3.63, 3.8) is 0 Å². The smallest absolute Gasteiger partial charge is 0.267 e. The van der Waals surface area contributed by atoms with Crippen LogP contribution in [0, 0.1) is 0 Å². The summed E-state index contributed by atoms with van der Waals surface area (Å²) >= 11 is 13.3. The standard InChI is InChI=1S/C17H19Cl2NO4S/c1-2-24-8-3-6-20-16(22)14(15(17(20)23)25-9-7-21)12-5-4-11(18)10-13(12)19/h4-5,10,21H,2-3,6-9H2,1H3. The van der Waals surface area contributed by atoms with Crippen LogP contribution in [0.25, 0.3) is 5.57 Å². The van der Waals surface area contributed by atoms with Gasteiger partial charge in [-0.15, -0.1) is 11.8 Å². The number of rotatable bonds is 9. The average Bonchev–Trinajstić information content (AvgIpc) is 2.81. The number of hydrogen-bond donors (Lipinski definition) is 1. The monoisotopic (exact) mass is 403 g/mol. The fourth-order valence-corrected chi connectivity index (χ4v) is 3.81. The van der Waals surface area contributed by atoms with Crippen molar-refractivity contribution in [3.05, 3.63) is 38.7 Å². The Bertz CT molecular complexity index is 693. The van der Waals surface area contributed by atoms with Gasteiger partial charge in [0.1, 0.15) is 0 Å². The Labute approximate surface area is 160 Å². The maximum Gasteiger partial charge on any atom is 0.267 e. The molecule has 1 aromatic carbocycles. The Balaban J connectivity index is 2.32. The number of carbonyl (C=O) groups is 2. The van der Waals surface area contributed by atoms with E-state index in [1.54, 1.807) is 12.1 Å². The fraction of sp³-hybridized carbons (Fsp3) is 0.412. The van der Waals surface area contributed by atoms with Gasteiger partial charge in [-0.25, -0.2) is 0 Å². The van der Waals surface area contributed by atoms with E-state index in [0.29, 0.717) is 45.9 Å². The van der Waals surface area contributed by atoms with E-state index >= 15 is 0 Å². The summed E-state index contributed by atoms with van der Waals surface area (Å²) in [7, 11) is 0. The van der Waals surface area contributed by atoms with Gasteiger partial charge in [-0.1, -0.05) is 29.3 Å². The lowest BCUT2D eigenvalue weighted by atomic mass is 10.1. The van der Waals surface area contributed by atoms with Gasteiger partial charge in [-0.2, -0.15) is 0 Å². The number of hydrogen-bond acceptors (Lipinski definition) is 5. The summed E-state index contributed by atoms with van der Waals surface area (Å²) in [5, 5.41) is 9.84. The number of nitrogens with zero attached hydrogens (tertiary/aromatic N) is 1. The molecule has 25 heavy (non-hydrogen) atoms. The molecule has 0 spiro atoms. The number of imide groups is 1. The molecule has 0 radical (unpaired) electrons. The van der Waals surface area contributed by atoms with Crippen LogP contribution in [0.1, 0.15) is 18.9 Å². The van der Waals surface area contributed by atoms with E-state index in [4.69, 9.17) is 33.0 Å². The quantitative estimate of drug-likeness (QED) is 0.506. The largest absolute Gasteiger partial charge is 0.396 e. The minimum Gasteiger partial charge on any atom is -0.396 e. The molecule has 2 rings (SSSR count). The molecule has 0 unspecified atom stereocenters. The molecule has 1 N–H and O–H groups in total. The molecule has 0 saturated heterocycles. The number of halogens is 2. The van der Waals surface area contributed by atoms with E-state index in [-0.39, 0.29) is 30.5 Å². The summed E-state index contributed by atoms with van der Waals surface area (Å²) in [4.78, 5) is 27.0. The van der Waals surface area contributed by atoms with Gasteiger partial charge in [0.2, 0.25) is 0 Å². The highest BCUT2D eigenvalue weighted by molar-refractivity contribution is 8.04. The number of aliphatic hydroxyl groups is 1. The molecule has 136 valence electrons. The van der Waals surface area contributed by atoms with E-state index in [1.807, 2.05) is 6.92 Å². The molecule has 8 heteroatoms. The molecule has 2 amide bonds. The van der Waals surface area contributed by atoms with E-state index in [9.17, 15) is 9.59 Å². The van der Waals surface area contributed by atoms with Crippen molar-refractivity contribution in [2.24, 2.45) is 0 Å². The van der Waals surface area contributed by atoms with Gasteiger partial charge in [0, 0.05) is 36.1 Å². The maximum atomic E-state index is 12.8. The molecule has 0 aliphatic carbocycles. The summed E-state index contributed by atoms with van der Waals surface area (Å²) in [5.41, 5.74) is 0.735. The highest BCUT2D eigenvalue weighted by Gasteiger charge is 2.39. The molecule has 1 aliphatic heterocycles. The van der Waals surface area contributed by atoms with Crippen LogP contribution in [0.2, 0.25) is 10.0 Å². The first-order valence-corrected chi connectivity index (χ1v) is 9.62. The van der Waals surface area contributed by atoms with Crippen molar-refractivity contribution in [2.75, 3.05) is 32.1 Å². The second kappa shape index (κ2) is 9.59. The summed E-state index contributed by atoms with van der Waals surface area (Å²) in [5.74, 6) is -0.428. The summed E-state index contributed by atoms with van der Waals surface area (Å²) in [6.07, 6.45) is 0.560. The Hall–Kier alpha value is -1.05.